The van der Waals surface area contributed by atoms with Crippen LogP contribution in [0.15, 0.2) is 0 Å². The zero-order chi connectivity index (χ0) is 11.1. The highest BCUT2D eigenvalue weighted by atomic mass is 16.5. The van der Waals surface area contributed by atoms with Crippen LogP contribution >= 0.6 is 0 Å². The Kier molecular flexibility index (Phi) is 6.17. The summed E-state index contributed by atoms with van der Waals surface area (Å²) in [6.07, 6.45) is 2.19. The molecular formula is C11H24N2O2. The number of ether oxygens (including phenoxy) is 1. The lowest BCUT2D eigenvalue weighted by Gasteiger charge is -2.31. The molecule has 1 fully saturated rings. The molecule has 4 heteroatoms. The summed E-state index contributed by atoms with van der Waals surface area (Å²) >= 11 is 0. The van der Waals surface area contributed by atoms with Crippen molar-refractivity contribution < 1.29 is 9.84 Å². The summed E-state index contributed by atoms with van der Waals surface area (Å²) in [4.78, 5) is 2.29. The van der Waals surface area contributed by atoms with Crippen LogP contribution in [0.25, 0.3) is 0 Å². The minimum atomic E-state index is 0.261. The van der Waals surface area contributed by atoms with Crippen molar-refractivity contribution in [2.24, 2.45) is 0 Å². The van der Waals surface area contributed by atoms with Gasteiger partial charge in [-0.25, -0.2) is 0 Å². The van der Waals surface area contributed by atoms with E-state index in [9.17, 15) is 0 Å². The number of hydrogen-bond donors (Lipinski definition) is 2. The Bertz CT molecular complexity index is 167. The first-order valence-electron chi connectivity index (χ1n) is 5.90. The first-order chi connectivity index (χ1) is 7.26. The molecule has 0 saturated carbocycles. The van der Waals surface area contributed by atoms with Crippen molar-refractivity contribution in [1.82, 2.24) is 10.2 Å². The van der Waals surface area contributed by atoms with Crippen LogP contribution in [0.3, 0.4) is 0 Å². The Morgan fingerprint density at radius 1 is 1.60 bits per heavy atom. The average Bonchev–Trinajstić information content (AvgIpc) is 2.24. The highest BCUT2D eigenvalue weighted by molar-refractivity contribution is 4.74. The number of rotatable bonds is 6. The zero-order valence-corrected chi connectivity index (χ0v) is 9.91. The van der Waals surface area contributed by atoms with Crippen molar-refractivity contribution >= 4 is 0 Å². The normalized spacial score (nSPS) is 25.4. The number of nitrogens with zero attached hydrogens (tertiary/aromatic N) is 1. The third kappa shape index (κ3) is 4.93. The third-order valence-electron chi connectivity index (χ3n) is 2.95. The fraction of sp³-hybridized carbons (Fsp3) is 1.00. The highest BCUT2D eigenvalue weighted by Crippen LogP contribution is 2.03. The van der Waals surface area contributed by atoms with E-state index < -0.39 is 0 Å². The van der Waals surface area contributed by atoms with Gasteiger partial charge < -0.3 is 20.1 Å². The SMILES string of the molecule is CCC(CCO)NCC1CN(C)CCO1. The van der Waals surface area contributed by atoms with Gasteiger partial charge in [-0.3, -0.25) is 0 Å². The lowest BCUT2D eigenvalue weighted by molar-refractivity contribution is -0.0196. The minimum Gasteiger partial charge on any atom is -0.396 e. The molecule has 0 spiro atoms. The van der Waals surface area contributed by atoms with Crippen LogP contribution in [-0.2, 0) is 4.74 Å². The molecule has 2 atom stereocenters. The summed E-state index contributed by atoms with van der Waals surface area (Å²) in [6, 6.07) is 0.422. The number of aliphatic hydroxyl groups excluding tert-OH is 1. The number of hydrogen-bond acceptors (Lipinski definition) is 4. The maximum absolute atomic E-state index is 8.87. The molecule has 0 bridgehead atoms. The van der Waals surface area contributed by atoms with E-state index in [4.69, 9.17) is 9.84 Å². The second-order valence-corrected chi connectivity index (χ2v) is 4.28. The molecule has 1 saturated heterocycles. The first kappa shape index (κ1) is 12.9. The molecule has 90 valence electrons. The van der Waals surface area contributed by atoms with Gasteiger partial charge in [0.05, 0.1) is 12.7 Å². The third-order valence-corrected chi connectivity index (χ3v) is 2.95. The second kappa shape index (κ2) is 7.17. The van der Waals surface area contributed by atoms with Gasteiger partial charge in [0, 0.05) is 32.3 Å². The highest BCUT2D eigenvalue weighted by Gasteiger charge is 2.18. The molecule has 1 aliphatic heterocycles. The first-order valence-corrected chi connectivity index (χ1v) is 5.90. The fourth-order valence-electron chi connectivity index (χ4n) is 1.89. The van der Waals surface area contributed by atoms with Crippen LogP contribution in [0.4, 0.5) is 0 Å². The van der Waals surface area contributed by atoms with Gasteiger partial charge in [-0.1, -0.05) is 6.92 Å². The van der Waals surface area contributed by atoms with Gasteiger partial charge in [0.2, 0.25) is 0 Å². The number of likely N-dealkylation sites (N-methyl/N-ethyl adjacent to an activating group) is 1. The van der Waals surface area contributed by atoms with Gasteiger partial charge in [0.25, 0.3) is 0 Å². The van der Waals surface area contributed by atoms with Gasteiger partial charge in [0.15, 0.2) is 0 Å². The predicted octanol–water partition coefficient (Wildman–Crippen LogP) is 0.0676. The van der Waals surface area contributed by atoms with Crippen molar-refractivity contribution in [3.63, 3.8) is 0 Å². The van der Waals surface area contributed by atoms with Gasteiger partial charge in [0.1, 0.15) is 0 Å². The van der Waals surface area contributed by atoms with Crippen LogP contribution in [0.1, 0.15) is 19.8 Å². The Morgan fingerprint density at radius 3 is 3.00 bits per heavy atom. The smallest absolute Gasteiger partial charge is 0.0826 e. The van der Waals surface area contributed by atoms with Crippen LogP contribution in [0, 0.1) is 0 Å². The Balaban J connectivity index is 2.16. The molecule has 1 aliphatic rings. The molecule has 2 unspecified atom stereocenters. The summed E-state index contributed by atoms with van der Waals surface area (Å²) in [7, 11) is 2.13. The summed E-state index contributed by atoms with van der Waals surface area (Å²) in [5.41, 5.74) is 0. The summed E-state index contributed by atoms with van der Waals surface area (Å²) < 4.78 is 5.65. The Hall–Kier alpha value is -0.160. The van der Waals surface area contributed by atoms with E-state index in [2.05, 4.69) is 24.2 Å². The molecule has 0 aliphatic carbocycles. The molecule has 0 amide bonds. The van der Waals surface area contributed by atoms with Gasteiger partial charge >= 0.3 is 0 Å². The summed E-state index contributed by atoms with van der Waals surface area (Å²) in [5.74, 6) is 0. The summed E-state index contributed by atoms with van der Waals surface area (Å²) in [5, 5.41) is 12.3. The summed E-state index contributed by atoms with van der Waals surface area (Å²) in [6.45, 7) is 6.16. The topological polar surface area (TPSA) is 44.7 Å². The van der Waals surface area contributed by atoms with Crippen LogP contribution in [0.2, 0.25) is 0 Å². The largest absolute Gasteiger partial charge is 0.396 e. The van der Waals surface area contributed by atoms with E-state index in [1.165, 1.54) is 0 Å². The van der Waals surface area contributed by atoms with Crippen LogP contribution < -0.4 is 5.32 Å². The fourth-order valence-corrected chi connectivity index (χ4v) is 1.89. The quantitative estimate of drug-likeness (QED) is 0.659. The second-order valence-electron chi connectivity index (χ2n) is 4.28. The van der Waals surface area contributed by atoms with E-state index in [0.717, 1.165) is 39.1 Å². The van der Waals surface area contributed by atoms with E-state index in [-0.39, 0.29) is 6.61 Å². The standard InChI is InChI=1S/C11H24N2O2/c1-3-10(4-6-14)12-8-11-9-13(2)5-7-15-11/h10-12,14H,3-9H2,1-2H3. The molecule has 2 N–H and O–H groups in total. The monoisotopic (exact) mass is 216 g/mol. The molecular weight excluding hydrogens is 192 g/mol. The maximum atomic E-state index is 8.87. The maximum Gasteiger partial charge on any atom is 0.0826 e. The van der Waals surface area contributed by atoms with E-state index >= 15 is 0 Å². The molecule has 0 aromatic carbocycles. The molecule has 0 aromatic heterocycles. The molecule has 0 aromatic rings. The predicted molar refractivity (Wildman–Crippen MR) is 61.0 cm³/mol. The van der Waals surface area contributed by atoms with Gasteiger partial charge in [-0.05, 0) is 19.9 Å². The lowest BCUT2D eigenvalue weighted by Crippen LogP contribution is -2.46. The van der Waals surface area contributed by atoms with Crippen LogP contribution in [0.5, 0.6) is 0 Å². The van der Waals surface area contributed by atoms with E-state index in [1.54, 1.807) is 0 Å². The number of morpholine rings is 1. The number of nitrogens with one attached hydrogen (secondary N) is 1. The molecule has 4 nitrogen and oxygen atoms in total. The molecule has 1 heterocycles. The van der Waals surface area contributed by atoms with E-state index in [1.807, 2.05) is 0 Å². The Labute approximate surface area is 92.6 Å². The average molecular weight is 216 g/mol. The minimum absolute atomic E-state index is 0.261. The number of aliphatic hydroxyl groups is 1. The zero-order valence-electron chi connectivity index (χ0n) is 9.91. The van der Waals surface area contributed by atoms with Crippen molar-refractivity contribution in [2.45, 2.75) is 31.9 Å². The van der Waals surface area contributed by atoms with E-state index in [0.29, 0.717) is 12.1 Å². The van der Waals surface area contributed by atoms with Crippen molar-refractivity contribution in [3.8, 4) is 0 Å². The van der Waals surface area contributed by atoms with Crippen LogP contribution in [-0.4, -0.2) is 62.0 Å². The molecule has 0 radical (unpaired) electrons. The molecule has 15 heavy (non-hydrogen) atoms. The molecule has 1 rings (SSSR count). The van der Waals surface area contributed by atoms with Crippen molar-refractivity contribution in [3.05, 3.63) is 0 Å². The Morgan fingerprint density at radius 2 is 2.40 bits per heavy atom. The van der Waals surface area contributed by atoms with Crippen molar-refractivity contribution in [1.29, 1.82) is 0 Å². The van der Waals surface area contributed by atoms with Gasteiger partial charge in [-0.15, -0.1) is 0 Å². The van der Waals surface area contributed by atoms with Gasteiger partial charge in [-0.2, -0.15) is 0 Å². The van der Waals surface area contributed by atoms with Crippen molar-refractivity contribution in [2.75, 3.05) is 39.9 Å². The lowest BCUT2D eigenvalue weighted by atomic mass is 10.1.